The van der Waals surface area contributed by atoms with Gasteiger partial charge in [0.15, 0.2) is 8.68 Å². The van der Waals surface area contributed by atoms with Gasteiger partial charge in [-0.1, -0.05) is 22.9 Å². The molecule has 0 aromatic carbocycles. The van der Waals surface area contributed by atoms with Gasteiger partial charge in [-0.05, 0) is 19.8 Å². The van der Waals surface area contributed by atoms with Gasteiger partial charge in [0.25, 0.3) is 10.0 Å². The first-order valence-corrected chi connectivity index (χ1v) is 8.24. The van der Waals surface area contributed by atoms with Crippen molar-refractivity contribution >= 4 is 38.9 Å². The first-order valence-electron chi connectivity index (χ1n) is 5.60. The predicted molar refractivity (Wildman–Crippen MR) is 70.8 cm³/mol. The van der Waals surface area contributed by atoms with Crippen molar-refractivity contribution in [2.45, 2.75) is 30.0 Å². The summed E-state index contributed by atoms with van der Waals surface area (Å²) >= 11 is 6.64. The monoisotopic (exact) mass is 324 g/mol. The minimum Gasteiger partial charge on any atom is -0.468 e. The number of esters is 1. The molecule has 106 valence electrons. The van der Waals surface area contributed by atoms with Gasteiger partial charge < -0.3 is 4.74 Å². The topological polar surface area (TPSA) is 76.6 Å². The summed E-state index contributed by atoms with van der Waals surface area (Å²) in [6.45, 7) is 1.88. The second-order valence-electron chi connectivity index (χ2n) is 4.14. The summed E-state index contributed by atoms with van der Waals surface area (Å²) in [4.78, 5) is 15.5. The smallest absolute Gasteiger partial charge is 0.324 e. The molecule has 0 bridgehead atoms. The zero-order valence-electron chi connectivity index (χ0n) is 10.4. The highest BCUT2D eigenvalue weighted by atomic mass is 35.5. The third-order valence-electron chi connectivity index (χ3n) is 2.95. The Labute approximate surface area is 120 Å². The Balaban J connectivity index is 2.39. The van der Waals surface area contributed by atoms with E-state index >= 15 is 0 Å². The lowest BCUT2D eigenvalue weighted by Gasteiger charge is -2.21. The molecule has 0 saturated carbocycles. The van der Waals surface area contributed by atoms with Gasteiger partial charge >= 0.3 is 5.97 Å². The molecule has 19 heavy (non-hydrogen) atoms. The number of hydrogen-bond acceptors (Lipinski definition) is 6. The molecule has 1 saturated heterocycles. The Morgan fingerprint density at radius 1 is 1.58 bits per heavy atom. The highest BCUT2D eigenvalue weighted by Gasteiger charge is 2.41. The van der Waals surface area contributed by atoms with Crippen LogP contribution in [0.4, 0.5) is 0 Å². The number of methoxy groups -OCH3 is 1. The van der Waals surface area contributed by atoms with E-state index in [2.05, 4.69) is 9.72 Å². The van der Waals surface area contributed by atoms with Crippen molar-refractivity contribution in [3.8, 4) is 0 Å². The van der Waals surface area contributed by atoms with Crippen LogP contribution < -0.4 is 0 Å². The van der Waals surface area contributed by atoms with Gasteiger partial charge in [0, 0.05) is 6.54 Å². The van der Waals surface area contributed by atoms with Crippen LogP contribution in [0.3, 0.4) is 0 Å². The number of sulfonamides is 1. The summed E-state index contributed by atoms with van der Waals surface area (Å²) in [5.41, 5.74) is 0.352. The largest absolute Gasteiger partial charge is 0.468 e. The van der Waals surface area contributed by atoms with E-state index in [1.54, 1.807) is 6.92 Å². The molecule has 1 aromatic heterocycles. The van der Waals surface area contributed by atoms with E-state index in [0.29, 0.717) is 25.1 Å². The van der Waals surface area contributed by atoms with E-state index in [1.807, 2.05) is 0 Å². The Morgan fingerprint density at radius 2 is 2.26 bits per heavy atom. The molecule has 0 radical (unpaired) electrons. The number of halogens is 1. The Bertz CT molecular complexity index is 599. The van der Waals surface area contributed by atoms with E-state index in [9.17, 15) is 13.2 Å². The van der Waals surface area contributed by atoms with Crippen LogP contribution in [0, 0.1) is 6.92 Å². The number of aromatic nitrogens is 1. The number of carbonyl (C=O) groups excluding carboxylic acids is 1. The zero-order valence-corrected chi connectivity index (χ0v) is 12.8. The molecule has 2 heterocycles. The van der Waals surface area contributed by atoms with Crippen LogP contribution >= 0.6 is 22.9 Å². The van der Waals surface area contributed by atoms with Crippen LogP contribution in [0.2, 0.25) is 4.47 Å². The summed E-state index contributed by atoms with van der Waals surface area (Å²) in [6, 6.07) is -0.754. The normalized spacial score (nSPS) is 20.7. The molecule has 0 amide bonds. The first-order chi connectivity index (χ1) is 8.87. The number of rotatable bonds is 3. The lowest BCUT2D eigenvalue weighted by Crippen LogP contribution is -2.40. The fourth-order valence-corrected chi connectivity index (χ4v) is 5.59. The second kappa shape index (κ2) is 5.35. The molecule has 2 rings (SSSR count). The van der Waals surface area contributed by atoms with Crippen LogP contribution in [0.15, 0.2) is 4.21 Å². The van der Waals surface area contributed by atoms with Gasteiger partial charge in [-0.25, -0.2) is 13.4 Å². The van der Waals surface area contributed by atoms with Crippen molar-refractivity contribution in [1.29, 1.82) is 0 Å². The molecule has 1 aromatic rings. The highest BCUT2D eigenvalue weighted by Crippen LogP contribution is 2.33. The zero-order chi connectivity index (χ0) is 14.2. The molecule has 1 unspecified atom stereocenters. The summed E-state index contributed by atoms with van der Waals surface area (Å²) in [5, 5.41) is 0. The first kappa shape index (κ1) is 14.7. The van der Waals surface area contributed by atoms with Gasteiger partial charge in [-0.3, -0.25) is 4.79 Å². The average Bonchev–Trinajstić information content (AvgIpc) is 2.95. The maximum absolute atomic E-state index is 12.5. The van der Waals surface area contributed by atoms with Crippen LogP contribution in [0.5, 0.6) is 0 Å². The van der Waals surface area contributed by atoms with Crippen molar-refractivity contribution in [2.75, 3.05) is 13.7 Å². The summed E-state index contributed by atoms with van der Waals surface area (Å²) in [7, 11) is -2.50. The van der Waals surface area contributed by atoms with Crippen molar-refractivity contribution in [2.24, 2.45) is 0 Å². The minimum absolute atomic E-state index is 0.0910. The fraction of sp³-hybridized carbons (Fsp3) is 0.600. The van der Waals surface area contributed by atoms with Crippen molar-refractivity contribution in [1.82, 2.24) is 9.29 Å². The van der Waals surface area contributed by atoms with Crippen LogP contribution in [-0.2, 0) is 19.6 Å². The molecule has 0 spiro atoms. The van der Waals surface area contributed by atoms with Crippen LogP contribution in [0.1, 0.15) is 18.5 Å². The number of aryl methyl sites for hydroxylation is 1. The molecular weight excluding hydrogens is 312 g/mol. The van der Waals surface area contributed by atoms with E-state index in [1.165, 1.54) is 11.4 Å². The predicted octanol–water partition coefficient (Wildman–Crippen LogP) is 1.43. The Kier molecular flexibility index (Phi) is 4.14. The van der Waals surface area contributed by atoms with E-state index in [4.69, 9.17) is 11.6 Å². The molecule has 0 N–H and O–H groups in total. The number of thiazole rings is 1. The van der Waals surface area contributed by atoms with Crippen LogP contribution in [-0.4, -0.2) is 43.4 Å². The summed E-state index contributed by atoms with van der Waals surface area (Å²) < 4.78 is 31.1. The third-order valence-corrected chi connectivity index (χ3v) is 6.70. The van der Waals surface area contributed by atoms with Crippen molar-refractivity contribution < 1.29 is 17.9 Å². The molecule has 6 nitrogen and oxygen atoms in total. The molecule has 0 aliphatic carbocycles. The SMILES string of the molecule is COC(=O)C1CCCN1S(=O)(=O)c1sc(Cl)nc1C. The molecule has 1 aliphatic rings. The average molecular weight is 325 g/mol. The van der Waals surface area contributed by atoms with E-state index in [-0.39, 0.29) is 8.68 Å². The third kappa shape index (κ3) is 2.62. The lowest BCUT2D eigenvalue weighted by molar-refractivity contribution is -0.144. The Hall–Kier alpha value is -0.700. The number of ether oxygens (including phenoxy) is 1. The van der Waals surface area contributed by atoms with E-state index < -0.39 is 22.0 Å². The van der Waals surface area contributed by atoms with Crippen molar-refractivity contribution in [3.05, 3.63) is 10.2 Å². The molecule has 1 fully saturated rings. The summed E-state index contributed by atoms with van der Waals surface area (Å²) in [5.74, 6) is -0.533. The quantitative estimate of drug-likeness (QED) is 0.786. The minimum atomic E-state index is -3.75. The second-order valence-corrected chi connectivity index (χ2v) is 7.80. The van der Waals surface area contributed by atoms with Gasteiger partial charge in [0.05, 0.1) is 12.8 Å². The number of carbonyl (C=O) groups is 1. The Morgan fingerprint density at radius 3 is 2.79 bits per heavy atom. The summed E-state index contributed by atoms with van der Waals surface area (Å²) in [6.07, 6.45) is 1.10. The standard InChI is InChI=1S/C10H13ClN2O4S2/c1-6-9(18-10(11)12-6)19(15,16)13-5-3-4-7(13)8(14)17-2/h7H,3-5H2,1-2H3. The maximum Gasteiger partial charge on any atom is 0.324 e. The van der Waals surface area contributed by atoms with Crippen LogP contribution in [0.25, 0.3) is 0 Å². The lowest BCUT2D eigenvalue weighted by atomic mass is 10.2. The maximum atomic E-state index is 12.5. The van der Waals surface area contributed by atoms with E-state index in [0.717, 1.165) is 11.3 Å². The van der Waals surface area contributed by atoms with Gasteiger partial charge in [0.2, 0.25) is 0 Å². The van der Waals surface area contributed by atoms with Gasteiger partial charge in [-0.2, -0.15) is 4.31 Å². The van der Waals surface area contributed by atoms with Gasteiger partial charge in [0.1, 0.15) is 6.04 Å². The number of hydrogen-bond donors (Lipinski definition) is 0. The number of nitrogens with zero attached hydrogens (tertiary/aromatic N) is 2. The molecule has 1 atom stereocenters. The molecule has 1 aliphatic heterocycles. The van der Waals surface area contributed by atoms with Gasteiger partial charge in [-0.15, -0.1) is 0 Å². The van der Waals surface area contributed by atoms with Crippen molar-refractivity contribution in [3.63, 3.8) is 0 Å². The highest BCUT2D eigenvalue weighted by molar-refractivity contribution is 7.91. The molecule has 9 heteroatoms. The molecular formula is C10H13ClN2O4S2. The fourth-order valence-electron chi connectivity index (χ4n) is 2.10.